The Balaban J connectivity index is 0.00000120. The largest absolute Gasteiger partial charge is 0.367 e. The predicted molar refractivity (Wildman–Crippen MR) is 73.5 cm³/mol. The van der Waals surface area contributed by atoms with E-state index in [4.69, 9.17) is 10.5 Å². The minimum atomic E-state index is 0. The summed E-state index contributed by atoms with van der Waals surface area (Å²) in [5, 5.41) is 0. The van der Waals surface area contributed by atoms with Gasteiger partial charge in [-0.1, -0.05) is 18.2 Å². The van der Waals surface area contributed by atoms with E-state index in [-0.39, 0.29) is 18.5 Å². The van der Waals surface area contributed by atoms with Gasteiger partial charge in [0.1, 0.15) is 0 Å². The molecule has 2 heterocycles. The molecule has 3 nitrogen and oxygen atoms in total. The molecule has 1 aliphatic rings. The van der Waals surface area contributed by atoms with Crippen LogP contribution in [-0.4, -0.2) is 11.5 Å². The monoisotopic (exact) mass is 262 g/mol. The number of rotatable bonds is 2. The summed E-state index contributed by atoms with van der Waals surface area (Å²) in [6.07, 6.45) is 3.67. The third-order valence-corrected chi connectivity index (χ3v) is 3.19. The van der Waals surface area contributed by atoms with Crippen molar-refractivity contribution in [2.75, 3.05) is 6.54 Å². The number of nitrogens with two attached hydrogens (primary N) is 1. The molecule has 0 saturated carbocycles. The van der Waals surface area contributed by atoms with Gasteiger partial charge < -0.3 is 10.5 Å². The Bertz CT molecular complexity index is 531. The van der Waals surface area contributed by atoms with Crippen LogP contribution in [0.3, 0.4) is 0 Å². The summed E-state index contributed by atoms with van der Waals surface area (Å²) in [5.74, 6) is 0. The van der Waals surface area contributed by atoms with E-state index in [9.17, 15) is 0 Å². The van der Waals surface area contributed by atoms with Crippen molar-refractivity contribution < 1.29 is 4.74 Å². The molecule has 0 aliphatic carbocycles. The molecule has 3 rings (SSSR count). The minimum Gasteiger partial charge on any atom is -0.367 e. The second kappa shape index (κ2) is 5.48. The zero-order valence-electron chi connectivity index (χ0n) is 9.87. The lowest BCUT2D eigenvalue weighted by Crippen LogP contribution is -2.10. The maximum atomic E-state index is 5.70. The molecule has 1 aromatic carbocycles. The summed E-state index contributed by atoms with van der Waals surface area (Å²) in [5.41, 5.74) is 10.6. The van der Waals surface area contributed by atoms with Gasteiger partial charge in [-0.05, 0) is 34.4 Å². The van der Waals surface area contributed by atoms with Crippen LogP contribution in [0.4, 0.5) is 0 Å². The highest BCUT2D eigenvalue weighted by molar-refractivity contribution is 5.85. The SMILES string of the molecule is Cl.NC[C@@H]1OCc2c(-c3ccncc3)cccc21. The molecule has 1 aromatic heterocycles. The van der Waals surface area contributed by atoms with E-state index in [1.165, 1.54) is 22.3 Å². The Morgan fingerprint density at radius 3 is 2.72 bits per heavy atom. The van der Waals surface area contributed by atoms with Gasteiger partial charge in [-0.25, -0.2) is 0 Å². The van der Waals surface area contributed by atoms with E-state index < -0.39 is 0 Å². The van der Waals surface area contributed by atoms with Crippen molar-refractivity contribution in [3.05, 3.63) is 53.9 Å². The molecular weight excluding hydrogens is 248 g/mol. The van der Waals surface area contributed by atoms with Crippen molar-refractivity contribution in [3.63, 3.8) is 0 Å². The van der Waals surface area contributed by atoms with E-state index in [1.54, 1.807) is 0 Å². The van der Waals surface area contributed by atoms with E-state index in [0.717, 1.165) is 0 Å². The Morgan fingerprint density at radius 1 is 1.22 bits per heavy atom. The number of halogens is 1. The van der Waals surface area contributed by atoms with Gasteiger partial charge in [-0.3, -0.25) is 4.98 Å². The van der Waals surface area contributed by atoms with Crippen molar-refractivity contribution in [3.8, 4) is 11.1 Å². The highest BCUT2D eigenvalue weighted by Gasteiger charge is 2.24. The van der Waals surface area contributed by atoms with E-state index in [2.05, 4.69) is 23.2 Å². The summed E-state index contributed by atoms with van der Waals surface area (Å²) in [4.78, 5) is 4.04. The molecule has 0 unspecified atom stereocenters. The van der Waals surface area contributed by atoms with Crippen molar-refractivity contribution in [2.24, 2.45) is 5.73 Å². The van der Waals surface area contributed by atoms with Crippen molar-refractivity contribution in [1.82, 2.24) is 4.98 Å². The number of hydrogen-bond donors (Lipinski definition) is 1. The first kappa shape index (κ1) is 13.0. The van der Waals surface area contributed by atoms with Crippen LogP contribution in [0.1, 0.15) is 17.2 Å². The second-order valence-corrected chi connectivity index (χ2v) is 4.14. The van der Waals surface area contributed by atoms with Crippen molar-refractivity contribution >= 4 is 12.4 Å². The highest BCUT2D eigenvalue weighted by Crippen LogP contribution is 2.36. The molecule has 0 bridgehead atoms. The van der Waals surface area contributed by atoms with Gasteiger partial charge >= 0.3 is 0 Å². The lowest BCUT2D eigenvalue weighted by molar-refractivity contribution is 0.0725. The first-order valence-electron chi connectivity index (χ1n) is 5.74. The van der Waals surface area contributed by atoms with Crippen LogP contribution in [0.15, 0.2) is 42.7 Å². The van der Waals surface area contributed by atoms with E-state index >= 15 is 0 Å². The average Bonchev–Trinajstić information content (AvgIpc) is 2.82. The van der Waals surface area contributed by atoms with Gasteiger partial charge in [-0.2, -0.15) is 0 Å². The quantitative estimate of drug-likeness (QED) is 0.905. The van der Waals surface area contributed by atoms with E-state index in [0.29, 0.717) is 13.2 Å². The van der Waals surface area contributed by atoms with Crippen LogP contribution in [0.5, 0.6) is 0 Å². The number of aromatic nitrogens is 1. The van der Waals surface area contributed by atoms with Gasteiger partial charge in [0.2, 0.25) is 0 Å². The number of benzene rings is 1. The number of pyridine rings is 1. The standard InChI is InChI=1S/C14H14N2O.ClH/c15-8-14-12-3-1-2-11(13(12)9-17-14)10-4-6-16-7-5-10;/h1-7,14H,8-9,15H2;1H/t14-;/m0./s1. The molecule has 0 fully saturated rings. The van der Waals surface area contributed by atoms with Crippen molar-refractivity contribution in [2.45, 2.75) is 12.7 Å². The van der Waals surface area contributed by atoms with Crippen molar-refractivity contribution in [1.29, 1.82) is 0 Å². The lowest BCUT2D eigenvalue weighted by atomic mass is 9.96. The summed E-state index contributed by atoms with van der Waals surface area (Å²) >= 11 is 0. The molecule has 0 radical (unpaired) electrons. The van der Waals surface area contributed by atoms with Gasteiger partial charge in [0.15, 0.2) is 0 Å². The fourth-order valence-corrected chi connectivity index (χ4v) is 2.34. The summed E-state index contributed by atoms with van der Waals surface area (Å²) in [6.45, 7) is 1.18. The molecule has 2 N–H and O–H groups in total. The minimum absolute atomic E-state index is 0. The molecule has 0 amide bonds. The smallest absolute Gasteiger partial charge is 0.0955 e. The van der Waals surface area contributed by atoms with Gasteiger partial charge in [0, 0.05) is 18.9 Å². The van der Waals surface area contributed by atoms with Crippen LogP contribution in [-0.2, 0) is 11.3 Å². The highest BCUT2D eigenvalue weighted by atomic mass is 35.5. The Morgan fingerprint density at radius 2 is 2.00 bits per heavy atom. The van der Waals surface area contributed by atoms with Crippen LogP contribution in [0, 0.1) is 0 Å². The van der Waals surface area contributed by atoms with Gasteiger partial charge in [0.05, 0.1) is 12.7 Å². The maximum absolute atomic E-state index is 5.70. The Hall–Kier alpha value is -1.42. The topological polar surface area (TPSA) is 48.1 Å². The molecule has 1 atom stereocenters. The third-order valence-electron chi connectivity index (χ3n) is 3.19. The first-order valence-corrected chi connectivity index (χ1v) is 5.74. The summed E-state index contributed by atoms with van der Waals surface area (Å²) < 4.78 is 5.69. The van der Waals surface area contributed by atoms with Crippen LogP contribution in [0.25, 0.3) is 11.1 Å². The molecule has 94 valence electrons. The molecule has 2 aromatic rings. The fourth-order valence-electron chi connectivity index (χ4n) is 2.34. The zero-order chi connectivity index (χ0) is 11.7. The summed E-state index contributed by atoms with van der Waals surface area (Å²) in [6, 6.07) is 10.3. The van der Waals surface area contributed by atoms with Crippen LogP contribution >= 0.6 is 12.4 Å². The number of ether oxygens (including phenoxy) is 1. The van der Waals surface area contributed by atoms with E-state index in [1.807, 2.05) is 24.5 Å². The average molecular weight is 263 g/mol. The van der Waals surface area contributed by atoms with Gasteiger partial charge in [-0.15, -0.1) is 12.4 Å². The summed E-state index contributed by atoms with van der Waals surface area (Å²) in [7, 11) is 0. The molecule has 0 saturated heterocycles. The zero-order valence-corrected chi connectivity index (χ0v) is 10.7. The number of nitrogens with zero attached hydrogens (tertiary/aromatic N) is 1. The predicted octanol–water partition coefficient (Wildman–Crippen LogP) is 2.70. The Labute approximate surface area is 112 Å². The van der Waals surface area contributed by atoms with Crippen LogP contribution < -0.4 is 5.73 Å². The lowest BCUT2D eigenvalue weighted by Gasteiger charge is -2.09. The normalized spacial score (nSPS) is 17.1. The number of fused-ring (bicyclic) bond motifs is 1. The molecule has 0 spiro atoms. The second-order valence-electron chi connectivity index (χ2n) is 4.14. The molecule has 18 heavy (non-hydrogen) atoms. The Kier molecular flexibility index (Phi) is 3.97. The molecule has 1 aliphatic heterocycles. The molecular formula is C14H15ClN2O. The maximum Gasteiger partial charge on any atom is 0.0955 e. The van der Waals surface area contributed by atoms with Gasteiger partial charge in [0.25, 0.3) is 0 Å². The third kappa shape index (κ3) is 2.12. The fraction of sp³-hybridized carbons (Fsp3) is 0.214. The first-order chi connectivity index (χ1) is 8.40. The van der Waals surface area contributed by atoms with Crippen LogP contribution in [0.2, 0.25) is 0 Å². The molecule has 4 heteroatoms. The number of hydrogen-bond acceptors (Lipinski definition) is 3.